The van der Waals surface area contributed by atoms with E-state index in [2.05, 4.69) is 19.6 Å². The van der Waals surface area contributed by atoms with Gasteiger partial charge in [-0.1, -0.05) is 12.1 Å². The molecule has 8 nitrogen and oxygen atoms in total. The van der Waals surface area contributed by atoms with Gasteiger partial charge in [-0.25, -0.2) is 9.97 Å². The highest BCUT2D eigenvalue weighted by atomic mass is 19.4. The number of amides is 1. The van der Waals surface area contributed by atoms with Gasteiger partial charge >= 0.3 is 6.36 Å². The number of rotatable bonds is 4. The lowest BCUT2D eigenvalue weighted by Gasteiger charge is -2.36. The minimum atomic E-state index is -4.86. The van der Waals surface area contributed by atoms with Crippen molar-refractivity contribution in [3.63, 3.8) is 0 Å². The van der Waals surface area contributed by atoms with Gasteiger partial charge in [-0.3, -0.25) is 4.79 Å². The molecule has 0 atom stereocenters. The van der Waals surface area contributed by atoms with Crippen LogP contribution >= 0.6 is 0 Å². The summed E-state index contributed by atoms with van der Waals surface area (Å²) in [6, 6.07) is 7.31. The first kappa shape index (κ1) is 21.2. The van der Waals surface area contributed by atoms with E-state index in [0.29, 0.717) is 39.4 Å². The van der Waals surface area contributed by atoms with Crippen molar-refractivity contribution in [3.8, 4) is 5.75 Å². The van der Waals surface area contributed by atoms with Crippen LogP contribution in [0.15, 0.2) is 36.7 Å². The number of alkyl halides is 3. The van der Waals surface area contributed by atoms with E-state index in [0.717, 1.165) is 30.8 Å². The minimum Gasteiger partial charge on any atom is -0.405 e. The molecule has 0 bridgehead atoms. The standard InChI is InChI=1S/C20H22F3N5O3/c21-20(22,23)31-16-4-2-1-3-15(16)19(29)28-7-5-26(6-8-28)17-13-18(25-14-24-17)27-9-11-30-12-10-27/h1-4,13-14H,5-12H2. The fraction of sp³-hybridized carbons (Fsp3) is 0.450. The van der Waals surface area contributed by atoms with E-state index in [1.807, 2.05) is 11.0 Å². The number of ether oxygens (including phenoxy) is 2. The van der Waals surface area contributed by atoms with E-state index in [9.17, 15) is 18.0 Å². The van der Waals surface area contributed by atoms with Crippen LogP contribution in [-0.4, -0.2) is 79.6 Å². The summed E-state index contributed by atoms with van der Waals surface area (Å²) in [5.74, 6) is 0.596. The average Bonchev–Trinajstić information content (AvgIpc) is 2.79. The van der Waals surface area contributed by atoms with Crippen molar-refractivity contribution < 1.29 is 27.4 Å². The molecule has 0 radical (unpaired) electrons. The van der Waals surface area contributed by atoms with Crippen LogP contribution in [0.5, 0.6) is 5.75 Å². The van der Waals surface area contributed by atoms with Crippen molar-refractivity contribution in [1.82, 2.24) is 14.9 Å². The highest BCUT2D eigenvalue weighted by molar-refractivity contribution is 5.97. The van der Waals surface area contributed by atoms with Gasteiger partial charge in [0.1, 0.15) is 23.7 Å². The number of aromatic nitrogens is 2. The zero-order chi connectivity index (χ0) is 21.8. The number of benzene rings is 1. The minimum absolute atomic E-state index is 0.107. The van der Waals surface area contributed by atoms with E-state index in [1.165, 1.54) is 29.4 Å². The number of hydrogen-bond acceptors (Lipinski definition) is 7. The lowest BCUT2D eigenvalue weighted by Crippen LogP contribution is -2.49. The Morgan fingerprint density at radius 2 is 1.55 bits per heavy atom. The molecule has 2 aliphatic rings. The summed E-state index contributed by atoms with van der Waals surface area (Å²) in [6.07, 6.45) is -3.34. The molecule has 0 unspecified atom stereocenters. The zero-order valence-corrected chi connectivity index (χ0v) is 16.7. The van der Waals surface area contributed by atoms with E-state index in [1.54, 1.807) is 0 Å². The number of halogens is 3. The summed E-state index contributed by atoms with van der Waals surface area (Å²) in [7, 11) is 0. The van der Waals surface area contributed by atoms with Crippen LogP contribution in [0.25, 0.3) is 0 Å². The maximum atomic E-state index is 12.8. The second kappa shape index (κ2) is 8.96. The molecule has 1 aromatic carbocycles. The molecule has 0 spiro atoms. The van der Waals surface area contributed by atoms with Crippen molar-refractivity contribution in [1.29, 1.82) is 0 Å². The summed E-state index contributed by atoms with van der Waals surface area (Å²) in [6.45, 7) is 4.56. The molecule has 0 N–H and O–H groups in total. The fourth-order valence-corrected chi connectivity index (χ4v) is 3.64. The Bertz CT molecular complexity index is 913. The second-order valence-corrected chi connectivity index (χ2v) is 7.16. The highest BCUT2D eigenvalue weighted by Crippen LogP contribution is 2.28. The molecule has 2 saturated heterocycles. The van der Waals surface area contributed by atoms with Gasteiger partial charge in [-0.05, 0) is 12.1 Å². The van der Waals surface area contributed by atoms with E-state index < -0.39 is 18.0 Å². The van der Waals surface area contributed by atoms with Crippen molar-refractivity contribution in [2.75, 3.05) is 62.3 Å². The van der Waals surface area contributed by atoms with E-state index >= 15 is 0 Å². The highest BCUT2D eigenvalue weighted by Gasteiger charge is 2.34. The van der Waals surface area contributed by atoms with Crippen LogP contribution in [0.2, 0.25) is 0 Å². The lowest BCUT2D eigenvalue weighted by atomic mass is 10.1. The normalized spacial score (nSPS) is 17.6. The monoisotopic (exact) mass is 437 g/mol. The molecule has 11 heteroatoms. The molecule has 2 fully saturated rings. The van der Waals surface area contributed by atoms with Crippen molar-refractivity contribution in [2.45, 2.75) is 6.36 Å². The topological polar surface area (TPSA) is 71.0 Å². The summed E-state index contributed by atoms with van der Waals surface area (Å²) >= 11 is 0. The Hall–Kier alpha value is -3.08. The van der Waals surface area contributed by atoms with Gasteiger partial charge in [0.05, 0.1) is 18.8 Å². The number of hydrogen-bond donors (Lipinski definition) is 0. The lowest BCUT2D eigenvalue weighted by molar-refractivity contribution is -0.274. The molecule has 166 valence electrons. The van der Waals surface area contributed by atoms with Crippen LogP contribution < -0.4 is 14.5 Å². The Balaban J connectivity index is 1.41. The van der Waals surface area contributed by atoms with Crippen LogP contribution in [0.1, 0.15) is 10.4 Å². The van der Waals surface area contributed by atoms with Gasteiger partial charge in [0.15, 0.2) is 0 Å². The smallest absolute Gasteiger partial charge is 0.405 e. The molecule has 2 aromatic rings. The Kier molecular flexibility index (Phi) is 6.12. The Morgan fingerprint density at radius 1 is 0.935 bits per heavy atom. The van der Waals surface area contributed by atoms with Gasteiger partial charge in [-0.15, -0.1) is 13.2 Å². The number of carbonyl (C=O) groups excluding carboxylic acids is 1. The number of morpholine rings is 1. The number of piperazine rings is 1. The summed E-state index contributed by atoms with van der Waals surface area (Å²) in [4.78, 5) is 27.2. The number of nitrogens with zero attached hydrogens (tertiary/aromatic N) is 5. The largest absolute Gasteiger partial charge is 0.573 e. The molecule has 2 aliphatic heterocycles. The van der Waals surface area contributed by atoms with Gasteiger partial charge in [-0.2, -0.15) is 0 Å². The molecule has 4 rings (SSSR count). The number of anilines is 2. The van der Waals surface area contributed by atoms with E-state index in [4.69, 9.17) is 4.74 Å². The zero-order valence-electron chi connectivity index (χ0n) is 16.7. The molecule has 0 saturated carbocycles. The molecular weight excluding hydrogens is 415 g/mol. The number of carbonyl (C=O) groups is 1. The quantitative estimate of drug-likeness (QED) is 0.726. The summed E-state index contributed by atoms with van der Waals surface area (Å²) in [5.41, 5.74) is -0.107. The van der Waals surface area contributed by atoms with Crippen LogP contribution in [-0.2, 0) is 4.74 Å². The van der Waals surface area contributed by atoms with E-state index in [-0.39, 0.29) is 5.56 Å². The molecular formula is C20H22F3N5O3. The molecule has 0 aliphatic carbocycles. The second-order valence-electron chi connectivity index (χ2n) is 7.16. The maximum absolute atomic E-state index is 12.8. The third-order valence-corrected chi connectivity index (χ3v) is 5.21. The van der Waals surface area contributed by atoms with Crippen LogP contribution in [0.3, 0.4) is 0 Å². The first-order valence-electron chi connectivity index (χ1n) is 9.94. The Morgan fingerprint density at radius 3 is 2.19 bits per heavy atom. The Labute approximate surface area is 177 Å². The first-order valence-corrected chi connectivity index (χ1v) is 9.94. The van der Waals surface area contributed by atoms with Crippen molar-refractivity contribution >= 4 is 17.5 Å². The number of para-hydroxylation sites is 1. The summed E-state index contributed by atoms with van der Waals surface area (Å²) < 4.78 is 47.4. The molecule has 1 aromatic heterocycles. The van der Waals surface area contributed by atoms with Crippen LogP contribution in [0, 0.1) is 0 Å². The van der Waals surface area contributed by atoms with Gasteiger partial charge in [0, 0.05) is 45.3 Å². The summed E-state index contributed by atoms with van der Waals surface area (Å²) in [5, 5.41) is 0. The van der Waals surface area contributed by atoms with Crippen LogP contribution in [0.4, 0.5) is 24.8 Å². The predicted octanol–water partition coefficient (Wildman–Crippen LogP) is 2.17. The van der Waals surface area contributed by atoms with Gasteiger partial charge < -0.3 is 24.2 Å². The predicted molar refractivity (Wildman–Crippen MR) is 106 cm³/mol. The van der Waals surface area contributed by atoms with Crippen molar-refractivity contribution in [3.05, 3.63) is 42.2 Å². The van der Waals surface area contributed by atoms with Gasteiger partial charge in [0.2, 0.25) is 0 Å². The third-order valence-electron chi connectivity index (χ3n) is 5.21. The average molecular weight is 437 g/mol. The van der Waals surface area contributed by atoms with Gasteiger partial charge in [0.25, 0.3) is 5.91 Å². The SMILES string of the molecule is O=C(c1ccccc1OC(F)(F)F)N1CCN(c2cc(N3CCOCC3)ncn2)CC1. The third kappa shape index (κ3) is 5.16. The first-order chi connectivity index (χ1) is 14.9. The molecule has 1 amide bonds. The fourth-order valence-electron chi connectivity index (χ4n) is 3.64. The molecule has 3 heterocycles. The molecule has 31 heavy (non-hydrogen) atoms. The maximum Gasteiger partial charge on any atom is 0.573 e. The van der Waals surface area contributed by atoms with Crippen molar-refractivity contribution in [2.24, 2.45) is 0 Å².